The molecule has 1 saturated carbocycles. The van der Waals surface area contributed by atoms with E-state index in [2.05, 4.69) is 22.0 Å². The summed E-state index contributed by atoms with van der Waals surface area (Å²) >= 11 is 0. The maximum absolute atomic E-state index is 12.9. The van der Waals surface area contributed by atoms with E-state index in [-0.39, 0.29) is 5.91 Å². The topological polar surface area (TPSA) is 63.9 Å². The zero-order valence-corrected chi connectivity index (χ0v) is 16.5. The lowest BCUT2D eigenvalue weighted by atomic mass is 10.1. The van der Waals surface area contributed by atoms with E-state index in [1.54, 1.807) is 4.68 Å². The molecule has 0 bridgehead atoms. The van der Waals surface area contributed by atoms with Gasteiger partial charge in [0.25, 0.3) is 5.95 Å². The number of hydrogen-bond donors (Lipinski definition) is 0. The number of carbonyl (C=O) groups excluding carboxylic acids is 1. The maximum Gasteiger partial charge on any atom is 0.251 e. The molecular formula is C20H29N5O. The van der Waals surface area contributed by atoms with Crippen molar-refractivity contribution in [2.75, 3.05) is 13.1 Å². The van der Waals surface area contributed by atoms with Crippen LogP contribution in [0.2, 0.25) is 0 Å². The van der Waals surface area contributed by atoms with Gasteiger partial charge in [-0.15, -0.1) is 0 Å². The van der Waals surface area contributed by atoms with Crippen molar-refractivity contribution in [3.8, 4) is 5.95 Å². The van der Waals surface area contributed by atoms with Gasteiger partial charge in [-0.1, -0.05) is 6.92 Å². The zero-order chi connectivity index (χ0) is 18.8. The third-order valence-electron chi connectivity index (χ3n) is 4.95. The summed E-state index contributed by atoms with van der Waals surface area (Å²) in [6.07, 6.45) is 3.91. The van der Waals surface area contributed by atoms with Crippen molar-refractivity contribution in [2.45, 2.75) is 60.3 Å². The fourth-order valence-corrected chi connectivity index (χ4v) is 3.39. The number of carbonyl (C=O) groups is 1. The Morgan fingerprint density at radius 3 is 2.42 bits per heavy atom. The Morgan fingerprint density at radius 1 is 1.19 bits per heavy atom. The molecule has 2 aromatic rings. The van der Waals surface area contributed by atoms with Crippen molar-refractivity contribution >= 4 is 5.91 Å². The SMILES string of the molecule is CCCN(CC1CC1)C(=O)Cc1c(C)nn(-c2nc(C)cc(C)n2)c1C. The third kappa shape index (κ3) is 4.11. The second kappa shape index (κ2) is 7.56. The van der Waals surface area contributed by atoms with E-state index in [9.17, 15) is 4.79 Å². The van der Waals surface area contributed by atoms with Crippen molar-refractivity contribution < 1.29 is 4.79 Å². The molecule has 0 unspecified atom stereocenters. The molecule has 0 N–H and O–H groups in total. The molecule has 0 spiro atoms. The average Bonchev–Trinajstić information content (AvgIpc) is 3.34. The largest absolute Gasteiger partial charge is 0.342 e. The molecule has 6 nitrogen and oxygen atoms in total. The molecule has 1 aliphatic carbocycles. The van der Waals surface area contributed by atoms with E-state index >= 15 is 0 Å². The summed E-state index contributed by atoms with van der Waals surface area (Å²) in [5, 5.41) is 4.62. The van der Waals surface area contributed by atoms with E-state index in [4.69, 9.17) is 0 Å². The molecule has 6 heteroatoms. The first-order valence-corrected chi connectivity index (χ1v) is 9.54. The van der Waals surface area contributed by atoms with Gasteiger partial charge in [0.15, 0.2) is 0 Å². The molecule has 0 aromatic carbocycles. The summed E-state index contributed by atoms with van der Waals surface area (Å²) in [4.78, 5) is 23.9. The van der Waals surface area contributed by atoms with Crippen LogP contribution in [0.4, 0.5) is 0 Å². The van der Waals surface area contributed by atoms with Gasteiger partial charge in [0.1, 0.15) is 0 Å². The van der Waals surface area contributed by atoms with Gasteiger partial charge >= 0.3 is 0 Å². The Balaban J connectivity index is 1.84. The molecule has 26 heavy (non-hydrogen) atoms. The van der Waals surface area contributed by atoms with Crippen LogP contribution in [0, 0.1) is 33.6 Å². The van der Waals surface area contributed by atoms with Crippen LogP contribution in [-0.4, -0.2) is 43.6 Å². The molecule has 1 aliphatic rings. The number of amides is 1. The molecule has 2 heterocycles. The van der Waals surface area contributed by atoms with Crippen molar-refractivity contribution in [2.24, 2.45) is 5.92 Å². The lowest BCUT2D eigenvalue weighted by Gasteiger charge is -2.22. The van der Waals surface area contributed by atoms with Crippen molar-refractivity contribution in [1.82, 2.24) is 24.6 Å². The summed E-state index contributed by atoms with van der Waals surface area (Å²) in [6, 6.07) is 1.94. The van der Waals surface area contributed by atoms with E-state index in [0.29, 0.717) is 18.3 Å². The molecule has 1 fully saturated rings. The van der Waals surface area contributed by atoms with Crippen molar-refractivity contribution in [3.05, 3.63) is 34.4 Å². The Hall–Kier alpha value is -2.24. The van der Waals surface area contributed by atoms with E-state index in [0.717, 1.165) is 47.8 Å². The summed E-state index contributed by atoms with van der Waals surface area (Å²) in [5.41, 5.74) is 4.65. The molecule has 0 aliphatic heterocycles. The summed E-state index contributed by atoms with van der Waals surface area (Å²) in [6.45, 7) is 11.7. The first-order valence-electron chi connectivity index (χ1n) is 9.54. The van der Waals surface area contributed by atoms with Gasteiger partial charge in [-0.2, -0.15) is 5.10 Å². The van der Waals surface area contributed by atoms with Gasteiger partial charge in [0.05, 0.1) is 12.1 Å². The minimum Gasteiger partial charge on any atom is -0.342 e. The molecule has 3 rings (SSSR count). The van der Waals surface area contributed by atoms with Crippen LogP contribution in [0.3, 0.4) is 0 Å². The monoisotopic (exact) mass is 355 g/mol. The minimum atomic E-state index is 0.200. The fourth-order valence-electron chi connectivity index (χ4n) is 3.39. The summed E-state index contributed by atoms with van der Waals surface area (Å²) in [7, 11) is 0. The van der Waals surface area contributed by atoms with Gasteiger partial charge in [0.2, 0.25) is 5.91 Å². The Labute approximate surface area is 155 Å². The molecule has 140 valence electrons. The standard InChI is InChI=1S/C20H29N5O/c1-6-9-24(12-17-7-8-17)19(26)11-18-15(4)23-25(16(18)5)20-21-13(2)10-14(3)22-20/h10,17H,6-9,11-12H2,1-5H3. The molecule has 0 radical (unpaired) electrons. The number of hydrogen-bond acceptors (Lipinski definition) is 4. The van der Waals surface area contributed by atoms with Crippen LogP contribution in [0.25, 0.3) is 5.95 Å². The predicted octanol–water partition coefficient (Wildman–Crippen LogP) is 3.09. The molecule has 0 atom stereocenters. The first kappa shape index (κ1) is 18.5. The maximum atomic E-state index is 12.9. The Kier molecular flexibility index (Phi) is 5.39. The van der Waals surface area contributed by atoms with Crippen LogP contribution >= 0.6 is 0 Å². The van der Waals surface area contributed by atoms with Crippen LogP contribution in [0.1, 0.15) is 54.5 Å². The molecular weight excluding hydrogens is 326 g/mol. The van der Waals surface area contributed by atoms with Crippen LogP contribution in [0.15, 0.2) is 6.07 Å². The fraction of sp³-hybridized carbons (Fsp3) is 0.600. The van der Waals surface area contributed by atoms with Crippen LogP contribution in [0.5, 0.6) is 0 Å². The molecule has 0 saturated heterocycles. The van der Waals surface area contributed by atoms with E-state index in [1.165, 1.54) is 12.8 Å². The lowest BCUT2D eigenvalue weighted by molar-refractivity contribution is -0.130. The number of aryl methyl sites for hydroxylation is 3. The minimum absolute atomic E-state index is 0.200. The second-order valence-corrected chi connectivity index (χ2v) is 7.47. The summed E-state index contributed by atoms with van der Waals surface area (Å²) in [5.74, 6) is 1.48. The first-order chi connectivity index (χ1) is 12.4. The highest BCUT2D eigenvalue weighted by Gasteiger charge is 2.27. The van der Waals surface area contributed by atoms with E-state index < -0.39 is 0 Å². The van der Waals surface area contributed by atoms with Crippen molar-refractivity contribution in [3.63, 3.8) is 0 Å². The average molecular weight is 355 g/mol. The lowest BCUT2D eigenvalue weighted by Crippen LogP contribution is -2.35. The van der Waals surface area contributed by atoms with Gasteiger partial charge in [-0.3, -0.25) is 4.79 Å². The van der Waals surface area contributed by atoms with Gasteiger partial charge < -0.3 is 4.90 Å². The van der Waals surface area contributed by atoms with E-state index in [1.807, 2.05) is 38.7 Å². The highest BCUT2D eigenvalue weighted by Crippen LogP contribution is 2.30. The van der Waals surface area contributed by atoms with Crippen LogP contribution < -0.4 is 0 Å². The highest BCUT2D eigenvalue weighted by atomic mass is 16.2. The number of rotatable bonds is 7. The molecule has 1 amide bonds. The number of aromatic nitrogens is 4. The Bertz CT molecular complexity index is 787. The molecule has 2 aromatic heterocycles. The smallest absolute Gasteiger partial charge is 0.251 e. The normalized spacial score (nSPS) is 13.9. The van der Waals surface area contributed by atoms with Gasteiger partial charge in [0, 0.05) is 35.7 Å². The quantitative estimate of drug-likeness (QED) is 0.766. The Morgan fingerprint density at radius 2 is 1.85 bits per heavy atom. The third-order valence-corrected chi connectivity index (χ3v) is 4.95. The summed E-state index contributed by atoms with van der Waals surface area (Å²) < 4.78 is 1.77. The zero-order valence-electron chi connectivity index (χ0n) is 16.5. The predicted molar refractivity (Wildman–Crippen MR) is 101 cm³/mol. The number of nitrogens with zero attached hydrogens (tertiary/aromatic N) is 5. The highest BCUT2D eigenvalue weighted by molar-refractivity contribution is 5.79. The van der Waals surface area contributed by atoms with Gasteiger partial charge in [-0.05, 0) is 58.9 Å². The second-order valence-electron chi connectivity index (χ2n) is 7.47. The van der Waals surface area contributed by atoms with Crippen LogP contribution in [-0.2, 0) is 11.2 Å². The van der Waals surface area contributed by atoms with Gasteiger partial charge in [-0.25, -0.2) is 14.6 Å². The van der Waals surface area contributed by atoms with Crippen molar-refractivity contribution in [1.29, 1.82) is 0 Å².